The lowest BCUT2D eigenvalue weighted by Gasteiger charge is -2.32. The van der Waals surface area contributed by atoms with Gasteiger partial charge in [0.1, 0.15) is 7.40 Å². The third-order valence-electron chi connectivity index (χ3n) is 3.31. The number of nitrogens with zero attached hydrogens (tertiary/aromatic N) is 1. The van der Waals surface area contributed by atoms with E-state index in [4.69, 9.17) is 9.31 Å². The van der Waals surface area contributed by atoms with Gasteiger partial charge in [0.05, 0.1) is 11.2 Å². The van der Waals surface area contributed by atoms with Crippen molar-refractivity contribution in [1.82, 2.24) is 4.98 Å². The normalized spacial score (nSPS) is 21.9. The van der Waals surface area contributed by atoms with Gasteiger partial charge in [-0.15, -0.1) is 0 Å². The van der Waals surface area contributed by atoms with Crippen LogP contribution in [0.5, 0.6) is 0 Å². The molecule has 1 aromatic heterocycles. The Hall–Kier alpha value is 0.595. The van der Waals surface area contributed by atoms with Crippen molar-refractivity contribution in [2.75, 3.05) is 0 Å². The molecule has 0 radical (unpaired) electrons. The molecule has 3 nitrogen and oxygen atoms in total. The molecular weight excluding hydrogens is 443 g/mol. The number of halogens is 2. The Kier molecular flexibility index (Phi) is 3.80. The molecule has 0 unspecified atom stereocenters. The van der Waals surface area contributed by atoms with E-state index in [-0.39, 0.29) is 18.3 Å². The summed E-state index contributed by atoms with van der Waals surface area (Å²) in [6.07, 6.45) is 0. The highest BCUT2D eigenvalue weighted by atomic mass is 127. The van der Waals surface area contributed by atoms with Gasteiger partial charge < -0.3 is 9.31 Å². The first-order valence-electron chi connectivity index (χ1n) is 5.40. The topological polar surface area (TPSA) is 31.4 Å². The maximum atomic E-state index is 6.00. The molecule has 17 heavy (non-hydrogen) atoms. The SMILES string of the molecule is CC1(C)OB(c2cc(I)nc(I)c2)OC1(C)C. The summed E-state index contributed by atoms with van der Waals surface area (Å²) >= 11 is 4.42. The molecule has 0 spiro atoms. The van der Waals surface area contributed by atoms with Crippen LogP contribution in [0, 0.1) is 7.40 Å². The molecule has 92 valence electrons. The number of pyridine rings is 1. The van der Waals surface area contributed by atoms with Gasteiger partial charge in [-0.3, -0.25) is 0 Å². The minimum Gasteiger partial charge on any atom is -0.399 e. The molecule has 6 heteroatoms. The van der Waals surface area contributed by atoms with Crippen molar-refractivity contribution in [3.63, 3.8) is 0 Å². The second kappa shape index (κ2) is 4.61. The summed E-state index contributed by atoms with van der Waals surface area (Å²) in [4.78, 5) is 4.34. The van der Waals surface area contributed by atoms with Crippen LogP contribution in [-0.2, 0) is 9.31 Å². The van der Waals surface area contributed by atoms with Crippen molar-refractivity contribution in [3.05, 3.63) is 19.5 Å². The van der Waals surface area contributed by atoms with Crippen LogP contribution in [0.1, 0.15) is 27.7 Å². The average Bonchev–Trinajstić information content (AvgIpc) is 2.34. The molecular formula is C11H14BI2NO2. The Labute approximate surface area is 129 Å². The van der Waals surface area contributed by atoms with Crippen molar-refractivity contribution in [1.29, 1.82) is 0 Å². The van der Waals surface area contributed by atoms with Gasteiger partial charge in [-0.2, -0.15) is 0 Å². The van der Waals surface area contributed by atoms with Crippen LogP contribution in [0.25, 0.3) is 0 Å². The lowest BCUT2D eigenvalue weighted by molar-refractivity contribution is 0.00578. The average molecular weight is 457 g/mol. The van der Waals surface area contributed by atoms with E-state index < -0.39 is 0 Å². The minimum absolute atomic E-state index is 0.294. The summed E-state index contributed by atoms with van der Waals surface area (Å²) < 4.78 is 13.9. The first-order valence-corrected chi connectivity index (χ1v) is 7.56. The van der Waals surface area contributed by atoms with E-state index in [1.807, 2.05) is 12.1 Å². The van der Waals surface area contributed by atoms with Crippen molar-refractivity contribution >= 4 is 57.8 Å². The molecule has 1 saturated heterocycles. The Bertz CT molecular complexity index is 415. The second-order valence-corrected chi connectivity index (χ2v) is 7.34. The molecule has 1 aliphatic rings. The molecule has 0 N–H and O–H groups in total. The van der Waals surface area contributed by atoms with Gasteiger partial charge in [0, 0.05) is 0 Å². The first kappa shape index (κ1) is 14.0. The van der Waals surface area contributed by atoms with Crippen molar-refractivity contribution in [2.24, 2.45) is 0 Å². The molecule has 2 heterocycles. The largest absolute Gasteiger partial charge is 0.495 e. The van der Waals surface area contributed by atoms with Crippen LogP contribution in [0.2, 0.25) is 0 Å². The number of hydrogen-bond donors (Lipinski definition) is 0. The van der Waals surface area contributed by atoms with E-state index in [2.05, 4.69) is 77.9 Å². The third-order valence-corrected chi connectivity index (χ3v) is 4.42. The summed E-state index contributed by atoms with van der Waals surface area (Å²) in [5.74, 6) is 0. The zero-order chi connectivity index (χ0) is 12.8. The molecule has 0 saturated carbocycles. The Morgan fingerprint density at radius 1 is 1.00 bits per heavy atom. The highest BCUT2D eigenvalue weighted by molar-refractivity contribution is 14.1. The van der Waals surface area contributed by atoms with Gasteiger partial charge >= 0.3 is 7.12 Å². The molecule has 0 atom stereocenters. The van der Waals surface area contributed by atoms with Gasteiger partial charge in [-0.1, -0.05) is 0 Å². The van der Waals surface area contributed by atoms with Gasteiger partial charge in [0.2, 0.25) is 0 Å². The van der Waals surface area contributed by atoms with Crippen molar-refractivity contribution < 1.29 is 9.31 Å². The molecule has 1 fully saturated rings. The maximum absolute atomic E-state index is 6.00. The van der Waals surface area contributed by atoms with Gasteiger partial charge in [-0.25, -0.2) is 4.98 Å². The minimum atomic E-state index is -0.301. The summed E-state index contributed by atoms with van der Waals surface area (Å²) in [7, 11) is -0.301. The summed E-state index contributed by atoms with van der Waals surface area (Å²) in [6.45, 7) is 8.24. The Morgan fingerprint density at radius 3 is 1.82 bits per heavy atom. The number of rotatable bonds is 1. The number of hydrogen-bond acceptors (Lipinski definition) is 3. The fraction of sp³-hybridized carbons (Fsp3) is 0.545. The fourth-order valence-corrected chi connectivity index (χ4v) is 3.30. The zero-order valence-corrected chi connectivity index (χ0v) is 14.6. The van der Waals surface area contributed by atoms with Crippen LogP contribution < -0.4 is 5.46 Å². The van der Waals surface area contributed by atoms with Crippen molar-refractivity contribution in [2.45, 2.75) is 38.9 Å². The van der Waals surface area contributed by atoms with E-state index in [1.165, 1.54) is 0 Å². The highest BCUT2D eigenvalue weighted by Gasteiger charge is 2.51. The third kappa shape index (κ3) is 2.79. The lowest BCUT2D eigenvalue weighted by Crippen LogP contribution is -2.41. The predicted octanol–water partition coefficient (Wildman–Crippen LogP) is 2.59. The Balaban J connectivity index is 2.32. The molecule has 1 aromatic rings. The van der Waals surface area contributed by atoms with E-state index in [0.29, 0.717) is 0 Å². The summed E-state index contributed by atoms with van der Waals surface area (Å²) in [5.41, 5.74) is 0.447. The van der Waals surface area contributed by atoms with Gasteiger partial charge in [0.15, 0.2) is 0 Å². The van der Waals surface area contributed by atoms with E-state index in [9.17, 15) is 0 Å². The van der Waals surface area contributed by atoms with E-state index in [0.717, 1.165) is 12.9 Å². The summed E-state index contributed by atoms with van der Waals surface area (Å²) in [5, 5.41) is 0. The summed E-state index contributed by atoms with van der Waals surface area (Å²) in [6, 6.07) is 4.01. The smallest absolute Gasteiger partial charge is 0.399 e. The predicted molar refractivity (Wildman–Crippen MR) is 85.4 cm³/mol. The molecule has 2 rings (SSSR count). The lowest BCUT2D eigenvalue weighted by atomic mass is 9.80. The van der Waals surface area contributed by atoms with Crippen LogP contribution in [0.15, 0.2) is 12.1 Å². The van der Waals surface area contributed by atoms with Gasteiger partial charge in [0.25, 0.3) is 0 Å². The van der Waals surface area contributed by atoms with E-state index >= 15 is 0 Å². The fourth-order valence-electron chi connectivity index (χ4n) is 1.60. The standard InChI is InChI=1S/C11H14BI2NO2/c1-10(2)11(3,4)17-12(16-10)7-5-8(13)15-9(14)6-7/h5-6H,1-4H3. The quantitative estimate of drug-likeness (QED) is 0.370. The van der Waals surface area contributed by atoms with Crippen molar-refractivity contribution in [3.8, 4) is 0 Å². The van der Waals surface area contributed by atoms with Crippen LogP contribution in [-0.4, -0.2) is 23.3 Å². The van der Waals surface area contributed by atoms with Crippen LogP contribution in [0.3, 0.4) is 0 Å². The Morgan fingerprint density at radius 2 is 1.41 bits per heavy atom. The molecule has 0 bridgehead atoms. The molecule has 0 amide bonds. The first-order chi connectivity index (χ1) is 7.71. The van der Waals surface area contributed by atoms with E-state index in [1.54, 1.807) is 0 Å². The second-order valence-electron chi connectivity index (χ2n) is 5.13. The van der Waals surface area contributed by atoms with Crippen LogP contribution >= 0.6 is 45.2 Å². The number of aromatic nitrogens is 1. The monoisotopic (exact) mass is 457 g/mol. The maximum Gasteiger partial charge on any atom is 0.495 e. The highest BCUT2D eigenvalue weighted by Crippen LogP contribution is 2.36. The zero-order valence-electron chi connectivity index (χ0n) is 10.3. The molecule has 0 aliphatic carbocycles. The molecule has 0 aromatic carbocycles. The van der Waals surface area contributed by atoms with Crippen LogP contribution in [0.4, 0.5) is 0 Å². The van der Waals surface area contributed by atoms with Gasteiger partial charge in [-0.05, 0) is 90.5 Å². The molecule has 1 aliphatic heterocycles.